The van der Waals surface area contributed by atoms with Crippen LogP contribution >= 0.6 is 0 Å². The zero-order valence-electron chi connectivity index (χ0n) is 7.39. The maximum absolute atomic E-state index is 13.0. The number of hydrogen-bond donors (Lipinski definition) is 0. The Hall–Kier alpha value is -0.180. The summed E-state index contributed by atoms with van der Waals surface area (Å²) in [6.07, 6.45) is 2.15. The third-order valence-electron chi connectivity index (χ3n) is 3.20. The SMILES string of the molecule is CCN1C2CCC1CC(F)(F)C2. The summed E-state index contributed by atoms with van der Waals surface area (Å²) >= 11 is 0. The van der Waals surface area contributed by atoms with Crippen molar-refractivity contribution in [1.29, 1.82) is 0 Å². The highest BCUT2D eigenvalue weighted by Crippen LogP contribution is 2.43. The van der Waals surface area contributed by atoms with Crippen LogP contribution in [0.25, 0.3) is 0 Å². The van der Waals surface area contributed by atoms with Gasteiger partial charge in [-0.25, -0.2) is 8.78 Å². The number of piperidine rings is 1. The van der Waals surface area contributed by atoms with Crippen LogP contribution in [0.1, 0.15) is 32.6 Å². The lowest BCUT2D eigenvalue weighted by Crippen LogP contribution is -2.47. The van der Waals surface area contributed by atoms with E-state index in [2.05, 4.69) is 11.8 Å². The van der Waals surface area contributed by atoms with Crippen molar-refractivity contribution in [1.82, 2.24) is 4.90 Å². The molecule has 0 spiro atoms. The van der Waals surface area contributed by atoms with Gasteiger partial charge >= 0.3 is 0 Å². The van der Waals surface area contributed by atoms with Crippen molar-refractivity contribution in [3.05, 3.63) is 0 Å². The van der Waals surface area contributed by atoms with Gasteiger partial charge in [-0.2, -0.15) is 0 Å². The Labute approximate surface area is 71.7 Å². The van der Waals surface area contributed by atoms with Crippen molar-refractivity contribution in [3.63, 3.8) is 0 Å². The summed E-state index contributed by atoms with van der Waals surface area (Å²) < 4.78 is 26.1. The van der Waals surface area contributed by atoms with Gasteiger partial charge in [0.05, 0.1) is 0 Å². The van der Waals surface area contributed by atoms with Crippen LogP contribution in [-0.4, -0.2) is 29.5 Å². The third kappa shape index (κ3) is 1.24. The lowest BCUT2D eigenvalue weighted by Gasteiger charge is -2.37. The first-order valence-electron chi connectivity index (χ1n) is 4.76. The van der Waals surface area contributed by atoms with E-state index < -0.39 is 5.92 Å². The molecule has 0 aromatic rings. The molecular weight excluding hydrogens is 160 g/mol. The van der Waals surface area contributed by atoms with Crippen molar-refractivity contribution in [3.8, 4) is 0 Å². The van der Waals surface area contributed by atoms with Crippen molar-refractivity contribution in [2.45, 2.75) is 50.6 Å². The first kappa shape index (κ1) is 8.42. The standard InChI is InChI=1S/C9H15F2N/c1-2-12-7-3-4-8(12)6-9(10,11)5-7/h7-8H,2-6H2,1H3. The Kier molecular flexibility index (Phi) is 1.86. The maximum atomic E-state index is 13.0. The van der Waals surface area contributed by atoms with Crippen LogP contribution in [0.4, 0.5) is 8.78 Å². The Bertz CT molecular complexity index is 165. The van der Waals surface area contributed by atoms with Gasteiger partial charge in [0.15, 0.2) is 0 Å². The van der Waals surface area contributed by atoms with Gasteiger partial charge in [0, 0.05) is 24.9 Å². The molecule has 1 nitrogen and oxygen atoms in total. The van der Waals surface area contributed by atoms with E-state index in [4.69, 9.17) is 0 Å². The van der Waals surface area contributed by atoms with Crippen molar-refractivity contribution < 1.29 is 8.78 Å². The smallest absolute Gasteiger partial charge is 0.251 e. The number of rotatable bonds is 1. The molecule has 0 saturated carbocycles. The molecule has 2 saturated heterocycles. The molecule has 0 aromatic carbocycles. The normalized spacial score (nSPS) is 40.2. The van der Waals surface area contributed by atoms with Crippen LogP contribution in [0.2, 0.25) is 0 Å². The van der Waals surface area contributed by atoms with E-state index in [0.29, 0.717) is 0 Å². The highest BCUT2D eigenvalue weighted by atomic mass is 19.3. The minimum Gasteiger partial charge on any atom is -0.297 e. The van der Waals surface area contributed by atoms with Gasteiger partial charge in [0.2, 0.25) is 0 Å². The fourth-order valence-corrected chi connectivity index (χ4v) is 2.74. The molecule has 2 aliphatic heterocycles. The summed E-state index contributed by atoms with van der Waals surface area (Å²) in [6.45, 7) is 3.00. The average molecular weight is 175 g/mol. The van der Waals surface area contributed by atoms with Crippen molar-refractivity contribution >= 4 is 0 Å². The van der Waals surface area contributed by atoms with Crippen LogP contribution in [0.3, 0.4) is 0 Å². The molecule has 2 aliphatic rings. The molecule has 0 amide bonds. The fourth-order valence-electron chi connectivity index (χ4n) is 2.74. The minimum atomic E-state index is -2.38. The van der Waals surface area contributed by atoms with E-state index in [1.807, 2.05) is 0 Å². The van der Waals surface area contributed by atoms with Crippen LogP contribution in [0.15, 0.2) is 0 Å². The predicted molar refractivity (Wildman–Crippen MR) is 43.4 cm³/mol. The molecule has 2 heterocycles. The number of halogens is 2. The van der Waals surface area contributed by atoms with Crippen LogP contribution in [0, 0.1) is 0 Å². The van der Waals surface area contributed by atoms with Gasteiger partial charge < -0.3 is 0 Å². The lowest BCUT2D eigenvalue weighted by atomic mass is 9.99. The van der Waals surface area contributed by atoms with E-state index in [0.717, 1.165) is 19.4 Å². The summed E-state index contributed by atoms with van der Waals surface area (Å²) in [7, 11) is 0. The molecule has 0 N–H and O–H groups in total. The monoisotopic (exact) mass is 175 g/mol. The molecule has 0 radical (unpaired) electrons. The van der Waals surface area contributed by atoms with E-state index in [1.54, 1.807) is 0 Å². The first-order valence-corrected chi connectivity index (χ1v) is 4.76. The quantitative estimate of drug-likeness (QED) is 0.591. The second kappa shape index (κ2) is 2.66. The second-order valence-corrected chi connectivity index (χ2v) is 3.98. The van der Waals surface area contributed by atoms with E-state index >= 15 is 0 Å². The summed E-state index contributed by atoms with van der Waals surface area (Å²) in [5.41, 5.74) is 0. The fraction of sp³-hybridized carbons (Fsp3) is 1.00. The molecule has 0 aliphatic carbocycles. The Balaban J connectivity index is 2.11. The Morgan fingerprint density at radius 2 is 1.75 bits per heavy atom. The molecule has 3 heteroatoms. The van der Waals surface area contributed by atoms with Crippen molar-refractivity contribution in [2.75, 3.05) is 6.54 Å². The van der Waals surface area contributed by atoms with Crippen LogP contribution in [0.5, 0.6) is 0 Å². The predicted octanol–water partition coefficient (Wildman–Crippen LogP) is 2.27. The van der Waals surface area contributed by atoms with Gasteiger partial charge in [-0.15, -0.1) is 0 Å². The van der Waals surface area contributed by atoms with Crippen molar-refractivity contribution in [2.24, 2.45) is 0 Å². The molecular formula is C9H15F2N. The molecule has 70 valence electrons. The number of fused-ring (bicyclic) bond motifs is 2. The van der Waals surface area contributed by atoms with E-state index in [9.17, 15) is 8.78 Å². The topological polar surface area (TPSA) is 3.24 Å². The van der Waals surface area contributed by atoms with E-state index in [1.165, 1.54) is 0 Å². The zero-order chi connectivity index (χ0) is 8.77. The van der Waals surface area contributed by atoms with Gasteiger partial charge in [-0.3, -0.25) is 4.90 Å². The Morgan fingerprint density at radius 3 is 2.17 bits per heavy atom. The van der Waals surface area contributed by atoms with Gasteiger partial charge in [0.1, 0.15) is 0 Å². The van der Waals surface area contributed by atoms with Gasteiger partial charge in [-0.1, -0.05) is 6.92 Å². The highest BCUT2D eigenvalue weighted by molar-refractivity contribution is 4.97. The Morgan fingerprint density at radius 1 is 1.25 bits per heavy atom. The number of alkyl halides is 2. The van der Waals surface area contributed by atoms with Gasteiger partial charge in [0.25, 0.3) is 5.92 Å². The summed E-state index contributed by atoms with van der Waals surface area (Å²) in [6, 6.07) is 0.340. The lowest BCUT2D eigenvalue weighted by molar-refractivity contribution is -0.0813. The molecule has 2 atom stereocenters. The number of hydrogen-bond acceptors (Lipinski definition) is 1. The highest BCUT2D eigenvalue weighted by Gasteiger charge is 2.48. The molecule has 12 heavy (non-hydrogen) atoms. The molecule has 2 bridgehead atoms. The summed E-state index contributed by atoms with van der Waals surface area (Å²) in [5, 5.41) is 0. The van der Waals surface area contributed by atoms with Gasteiger partial charge in [-0.05, 0) is 19.4 Å². The largest absolute Gasteiger partial charge is 0.297 e. The summed E-state index contributed by atoms with van der Waals surface area (Å²) in [4.78, 5) is 2.25. The van der Waals surface area contributed by atoms with Crippen LogP contribution < -0.4 is 0 Å². The summed E-state index contributed by atoms with van der Waals surface area (Å²) in [5.74, 6) is -2.38. The third-order valence-corrected chi connectivity index (χ3v) is 3.20. The molecule has 2 rings (SSSR count). The second-order valence-electron chi connectivity index (χ2n) is 3.98. The molecule has 2 fully saturated rings. The molecule has 2 unspecified atom stereocenters. The van der Waals surface area contributed by atoms with Crippen LogP contribution in [-0.2, 0) is 0 Å². The average Bonchev–Trinajstić information content (AvgIpc) is 2.23. The van der Waals surface area contributed by atoms with E-state index in [-0.39, 0.29) is 24.9 Å². The molecule has 0 aromatic heterocycles. The number of nitrogens with zero attached hydrogens (tertiary/aromatic N) is 1. The maximum Gasteiger partial charge on any atom is 0.251 e. The zero-order valence-corrected chi connectivity index (χ0v) is 7.39. The first-order chi connectivity index (χ1) is 5.62. The minimum absolute atomic E-state index is 0.0946.